The number of fused-ring (bicyclic) bond motifs is 1. The summed E-state index contributed by atoms with van der Waals surface area (Å²) >= 11 is 0. The lowest BCUT2D eigenvalue weighted by atomic mass is 9.78. The summed E-state index contributed by atoms with van der Waals surface area (Å²) in [6.07, 6.45) is 4.08. The van der Waals surface area contributed by atoms with Gasteiger partial charge in [-0.05, 0) is 25.8 Å². The normalized spacial score (nSPS) is 32.3. The second-order valence-electron chi connectivity index (χ2n) is 17.9. The Morgan fingerprint density at radius 2 is 1.65 bits per heavy atom. The van der Waals surface area contributed by atoms with Gasteiger partial charge < -0.3 is 54.7 Å². The van der Waals surface area contributed by atoms with Crippen LogP contribution in [0.15, 0.2) is 46.1 Å². The molecule has 0 aromatic heterocycles. The number of nitrogens with zero attached hydrogens (tertiary/aromatic N) is 3. The zero-order valence-corrected chi connectivity index (χ0v) is 37.3. The van der Waals surface area contributed by atoms with Crippen molar-refractivity contribution in [2.24, 2.45) is 39.6 Å². The molecule has 2 aromatic carbocycles. The molecule has 0 saturated carbocycles. The van der Waals surface area contributed by atoms with Gasteiger partial charge in [-0.25, -0.2) is 0 Å². The van der Waals surface area contributed by atoms with Crippen molar-refractivity contribution in [1.82, 2.24) is 4.90 Å². The van der Waals surface area contributed by atoms with E-state index in [4.69, 9.17) is 28.9 Å². The van der Waals surface area contributed by atoms with Crippen molar-refractivity contribution in [3.63, 3.8) is 0 Å². The number of esters is 1. The number of carbonyl (C=O) groups is 3. The average molecular weight is 863 g/mol. The van der Waals surface area contributed by atoms with Crippen LogP contribution in [0.1, 0.15) is 84.2 Å². The van der Waals surface area contributed by atoms with Crippen LogP contribution in [0.2, 0.25) is 0 Å². The Labute approximate surface area is 361 Å². The molecule has 6 N–H and O–H groups in total. The summed E-state index contributed by atoms with van der Waals surface area (Å²) in [6, 6.07) is 0. The van der Waals surface area contributed by atoms with Gasteiger partial charge in [0, 0.05) is 93.6 Å². The molecule has 338 valence electrons. The van der Waals surface area contributed by atoms with Gasteiger partial charge in [0.25, 0.3) is 11.7 Å². The van der Waals surface area contributed by atoms with Crippen LogP contribution in [0.3, 0.4) is 0 Å². The Kier molecular flexibility index (Phi) is 13.6. The number of piperidine rings is 1. The number of amides is 1. The number of aliphatic hydroxyl groups is 3. The molecule has 4 heterocycles. The summed E-state index contributed by atoms with van der Waals surface area (Å²) in [5, 5.41) is 60.4. The lowest BCUT2D eigenvalue weighted by Gasteiger charge is -2.38. The van der Waals surface area contributed by atoms with E-state index >= 15 is 0 Å². The highest BCUT2D eigenvalue weighted by Crippen LogP contribution is 2.50. The van der Waals surface area contributed by atoms with Crippen LogP contribution in [0, 0.1) is 36.5 Å². The summed E-state index contributed by atoms with van der Waals surface area (Å²) in [5.41, 5.74) is -0.747. The fourth-order valence-electron chi connectivity index (χ4n) is 9.25. The molecule has 62 heavy (non-hydrogen) atoms. The topological polar surface area (TPSA) is 229 Å². The highest BCUT2D eigenvalue weighted by atomic mass is 16.7. The Morgan fingerprint density at radius 1 is 0.984 bits per heavy atom. The SMILES string of the molecule is COC1/C=C\OC2(C)Oc3c(C)c(O)c4c(O)c(c5c(c4c3C2=O)=NC2(CCN(CC(C)C)CC2)N=5)NC(=O)/C(C)=C/C=C\C(CO)C(O)C(C)C(O)C(C)C(OC(C)=O)C1C. The van der Waals surface area contributed by atoms with E-state index in [1.165, 1.54) is 65.4 Å². The maximum Gasteiger partial charge on any atom is 0.312 e. The first kappa shape index (κ1) is 46.6. The molecule has 0 radical (unpaired) electrons. The van der Waals surface area contributed by atoms with Crippen molar-refractivity contribution in [2.45, 2.75) is 111 Å². The zero-order valence-electron chi connectivity index (χ0n) is 37.3. The van der Waals surface area contributed by atoms with Gasteiger partial charge in [-0.15, -0.1) is 0 Å². The highest BCUT2D eigenvalue weighted by molar-refractivity contribution is 6.19. The molecule has 16 nitrogen and oxygen atoms in total. The van der Waals surface area contributed by atoms with E-state index in [9.17, 15) is 39.9 Å². The molecule has 1 spiro atoms. The number of phenolic OH excluding ortho intramolecular Hbond substituents is 2. The van der Waals surface area contributed by atoms with Crippen LogP contribution < -0.4 is 20.8 Å². The number of likely N-dealkylation sites (tertiary alicyclic amines) is 1. The highest BCUT2D eigenvalue weighted by Gasteiger charge is 2.50. The van der Waals surface area contributed by atoms with Crippen molar-refractivity contribution < 1.29 is 58.9 Å². The fourth-order valence-corrected chi connectivity index (χ4v) is 9.25. The molecule has 2 aromatic rings. The van der Waals surface area contributed by atoms with Crippen LogP contribution in [0.5, 0.6) is 17.2 Å². The van der Waals surface area contributed by atoms with Gasteiger partial charge in [-0.1, -0.05) is 52.8 Å². The monoisotopic (exact) mass is 862 g/mol. The third-order valence-electron chi connectivity index (χ3n) is 12.9. The molecule has 9 atom stereocenters. The Hall–Kier alpha value is -4.87. The number of rotatable bonds is 5. The minimum atomic E-state index is -1.98. The number of ketones is 1. The molecule has 1 amide bonds. The minimum Gasteiger partial charge on any atom is -0.507 e. The lowest BCUT2D eigenvalue weighted by molar-refractivity contribution is -0.160. The number of ether oxygens (including phenoxy) is 4. The number of Topliss-reactive ketones (excluding diaryl/α,β-unsaturated/α-hetero) is 1. The number of hydrogen-bond acceptors (Lipinski definition) is 15. The van der Waals surface area contributed by atoms with Crippen LogP contribution in [0.25, 0.3) is 10.8 Å². The molecule has 1 saturated heterocycles. The molecule has 16 heteroatoms. The number of aromatic hydroxyl groups is 2. The number of hydrogen-bond donors (Lipinski definition) is 6. The quantitative estimate of drug-likeness (QED) is 0.186. The second kappa shape index (κ2) is 18.1. The number of phenols is 2. The fraction of sp³-hybridized carbons (Fsp3) is 0.587. The third kappa shape index (κ3) is 8.59. The number of methoxy groups -OCH3 is 1. The Bertz CT molecular complexity index is 2320. The maximum absolute atomic E-state index is 14.7. The van der Waals surface area contributed by atoms with Crippen molar-refractivity contribution in [3.8, 4) is 17.2 Å². The second-order valence-corrected chi connectivity index (χ2v) is 17.9. The van der Waals surface area contributed by atoms with Crippen molar-refractivity contribution in [1.29, 1.82) is 0 Å². The van der Waals surface area contributed by atoms with Crippen LogP contribution in [-0.2, 0) is 23.8 Å². The zero-order chi connectivity index (χ0) is 45.6. The number of nitrogens with one attached hydrogen (secondary N) is 1. The number of anilines is 1. The van der Waals surface area contributed by atoms with E-state index in [-0.39, 0.29) is 49.6 Å². The Morgan fingerprint density at radius 3 is 2.26 bits per heavy atom. The summed E-state index contributed by atoms with van der Waals surface area (Å²) in [6.45, 7) is 16.9. The summed E-state index contributed by atoms with van der Waals surface area (Å²) in [4.78, 5) is 53.7. The molecule has 0 aliphatic carbocycles. The standard InChI is InChI=1S/C46H62N4O12/c1-22(2)20-50-17-15-46(16-18-50)48-34-31-32-39(55)27(7)42-33(31)43(57)45(9,62-42)60-19-14-30(59-10)24(4)41(61-28(8)52)26(6)37(53)25(5)38(54)29(21-51)13-11-12-23(3)44(58)47-36(40(32)56)35(34)49-46/h11-14,19,22,24-26,29-30,37-38,41,51,53-56H,15-18,20-21H2,1-10H3,(H,47,58)/b13-11-,19-14-,23-12+. The van der Waals surface area contributed by atoms with Gasteiger partial charge in [-0.2, -0.15) is 0 Å². The van der Waals surface area contributed by atoms with E-state index in [1.807, 2.05) is 0 Å². The first-order valence-corrected chi connectivity index (χ1v) is 21.4. The van der Waals surface area contributed by atoms with Gasteiger partial charge in [0.2, 0.25) is 0 Å². The minimum absolute atomic E-state index is 0.0173. The molecule has 4 aliphatic rings. The number of carbonyl (C=O) groups excluding carboxylic acids is 3. The first-order valence-electron chi connectivity index (χ1n) is 21.4. The van der Waals surface area contributed by atoms with Crippen LogP contribution >= 0.6 is 0 Å². The third-order valence-corrected chi connectivity index (χ3v) is 12.9. The molecular formula is C46H62N4O12. The lowest BCUT2D eigenvalue weighted by Crippen LogP contribution is -2.47. The number of allylic oxidation sites excluding steroid dienone is 2. The van der Waals surface area contributed by atoms with E-state index in [0.29, 0.717) is 31.8 Å². The smallest absolute Gasteiger partial charge is 0.312 e. The van der Waals surface area contributed by atoms with Crippen LogP contribution in [0.4, 0.5) is 5.69 Å². The predicted molar refractivity (Wildman–Crippen MR) is 229 cm³/mol. The molecular weight excluding hydrogens is 801 g/mol. The summed E-state index contributed by atoms with van der Waals surface area (Å²) in [7, 11) is 1.44. The molecule has 1 fully saturated rings. The van der Waals surface area contributed by atoms with Gasteiger partial charge in [0.05, 0.1) is 47.5 Å². The predicted octanol–water partition coefficient (Wildman–Crippen LogP) is 3.72. The van der Waals surface area contributed by atoms with Gasteiger partial charge in [-0.3, -0.25) is 24.4 Å². The maximum atomic E-state index is 14.7. The van der Waals surface area contributed by atoms with E-state index in [1.54, 1.807) is 20.8 Å². The van der Waals surface area contributed by atoms with E-state index in [0.717, 1.165) is 6.54 Å². The average Bonchev–Trinajstić information content (AvgIpc) is 3.73. The summed E-state index contributed by atoms with van der Waals surface area (Å²) in [5.74, 6) is -7.34. The van der Waals surface area contributed by atoms with Gasteiger partial charge in [0.1, 0.15) is 28.6 Å². The van der Waals surface area contributed by atoms with Crippen molar-refractivity contribution >= 4 is 34.1 Å². The van der Waals surface area contributed by atoms with E-state index < -0.39 is 95.3 Å². The number of aliphatic hydroxyl groups excluding tert-OH is 3. The van der Waals surface area contributed by atoms with E-state index in [2.05, 4.69) is 24.1 Å². The molecule has 4 bridgehead atoms. The molecule has 6 rings (SSSR count). The largest absolute Gasteiger partial charge is 0.507 e. The molecule has 9 unspecified atom stereocenters. The Balaban J connectivity index is 1.55. The van der Waals surface area contributed by atoms with Gasteiger partial charge >= 0.3 is 11.8 Å². The summed E-state index contributed by atoms with van der Waals surface area (Å²) < 4.78 is 23.9. The van der Waals surface area contributed by atoms with Crippen molar-refractivity contribution in [2.75, 3.05) is 38.7 Å². The van der Waals surface area contributed by atoms with Crippen molar-refractivity contribution in [3.05, 3.63) is 58.0 Å². The number of benzene rings is 2. The molecule has 4 aliphatic heterocycles. The first-order chi connectivity index (χ1) is 29.2. The van der Waals surface area contributed by atoms with Crippen LogP contribution in [-0.4, -0.2) is 117 Å². The van der Waals surface area contributed by atoms with Gasteiger partial charge in [0.15, 0.2) is 11.4 Å².